The van der Waals surface area contributed by atoms with Gasteiger partial charge in [0.1, 0.15) is 5.60 Å². The molecule has 0 fully saturated rings. The fourth-order valence-electron chi connectivity index (χ4n) is 2.41. The molecule has 4 nitrogen and oxygen atoms in total. The molecule has 0 radical (unpaired) electrons. The number of ether oxygens (including phenoxy) is 1. The van der Waals surface area contributed by atoms with E-state index in [2.05, 4.69) is 12.1 Å². The highest BCUT2D eigenvalue weighted by Crippen LogP contribution is 2.25. The van der Waals surface area contributed by atoms with Gasteiger partial charge in [0.25, 0.3) is 0 Å². The van der Waals surface area contributed by atoms with Gasteiger partial charge < -0.3 is 9.64 Å². The molecular formula is C18H22N2O2. The van der Waals surface area contributed by atoms with Crippen molar-refractivity contribution in [3.8, 4) is 6.07 Å². The van der Waals surface area contributed by atoms with E-state index in [4.69, 9.17) is 10.00 Å². The molecule has 0 bridgehead atoms. The van der Waals surface area contributed by atoms with Crippen LogP contribution >= 0.6 is 0 Å². The van der Waals surface area contributed by atoms with Crippen molar-refractivity contribution in [3.63, 3.8) is 0 Å². The van der Waals surface area contributed by atoms with Crippen LogP contribution in [0.15, 0.2) is 24.3 Å². The molecule has 1 heterocycles. The average Bonchev–Trinajstić information content (AvgIpc) is 2.45. The van der Waals surface area contributed by atoms with E-state index in [-0.39, 0.29) is 6.09 Å². The van der Waals surface area contributed by atoms with Gasteiger partial charge >= 0.3 is 6.09 Å². The second kappa shape index (κ2) is 6.23. The van der Waals surface area contributed by atoms with Gasteiger partial charge in [0.2, 0.25) is 0 Å². The van der Waals surface area contributed by atoms with Crippen molar-refractivity contribution in [1.29, 1.82) is 5.26 Å². The van der Waals surface area contributed by atoms with Crippen molar-refractivity contribution >= 4 is 11.7 Å². The van der Waals surface area contributed by atoms with Gasteiger partial charge in [-0.2, -0.15) is 5.26 Å². The van der Waals surface area contributed by atoms with Crippen LogP contribution in [0.1, 0.15) is 43.9 Å². The molecule has 0 unspecified atom stereocenters. The number of hydrogen-bond acceptors (Lipinski definition) is 3. The zero-order valence-corrected chi connectivity index (χ0v) is 13.6. The number of carbonyl (C=O) groups is 1. The van der Waals surface area contributed by atoms with Gasteiger partial charge in [0, 0.05) is 13.1 Å². The SMILES string of the molecule is Cc1cc(C2=CCN(C(=O)OC(C)(C)C)CC2)ccc1C#N. The van der Waals surface area contributed by atoms with Gasteiger partial charge in [-0.3, -0.25) is 0 Å². The summed E-state index contributed by atoms with van der Waals surface area (Å²) in [5.74, 6) is 0. The second-order valence-corrected chi connectivity index (χ2v) is 6.55. The second-order valence-electron chi connectivity index (χ2n) is 6.55. The largest absolute Gasteiger partial charge is 0.444 e. The van der Waals surface area contributed by atoms with Crippen LogP contribution < -0.4 is 0 Å². The Hall–Kier alpha value is -2.28. The summed E-state index contributed by atoms with van der Waals surface area (Å²) >= 11 is 0. The van der Waals surface area contributed by atoms with Gasteiger partial charge in [-0.15, -0.1) is 0 Å². The molecule has 0 atom stereocenters. The van der Waals surface area contributed by atoms with Crippen LogP contribution in [0.4, 0.5) is 4.79 Å². The molecule has 1 aliphatic heterocycles. The van der Waals surface area contributed by atoms with E-state index in [0.29, 0.717) is 18.7 Å². The highest BCUT2D eigenvalue weighted by molar-refractivity contribution is 5.73. The van der Waals surface area contributed by atoms with Crippen molar-refractivity contribution in [3.05, 3.63) is 41.0 Å². The number of nitrogens with zero attached hydrogens (tertiary/aromatic N) is 2. The van der Waals surface area contributed by atoms with Crippen LogP contribution in [0.3, 0.4) is 0 Å². The van der Waals surface area contributed by atoms with Crippen LogP contribution in [0.25, 0.3) is 5.57 Å². The number of carbonyl (C=O) groups excluding carboxylic acids is 1. The van der Waals surface area contributed by atoms with Gasteiger partial charge in [-0.1, -0.05) is 18.2 Å². The summed E-state index contributed by atoms with van der Waals surface area (Å²) in [5.41, 5.74) is 3.56. The molecule has 2 rings (SSSR count). The third-order valence-electron chi connectivity index (χ3n) is 3.58. The maximum Gasteiger partial charge on any atom is 0.410 e. The third-order valence-corrected chi connectivity index (χ3v) is 3.58. The molecule has 0 spiro atoms. The van der Waals surface area contributed by atoms with E-state index < -0.39 is 5.60 Å². The standard InChI is InChI=1S/C18H22N2O2/c1-13-11-15(5-6-16(13)12-19)14-7-9-20(10-8-14)17(21)22-18(2,3)4/h5-7,11H,8-10H2,1-4H3. The summed E-state index contributed by atoms with van der Waals surface area (Å²) in [7, 11) is 0. The van der Waals surface area contributed by atoms with Gasteiger partial charge in [0.15, 0.2) is 0 Å². The quantitative estimate of drug-likeness (QED) is 0.790. The first kappa shape index (κ1) is 16.1. The first-order chi connectivity index (χ1) is 10.3. The molecule has 4 heteroatoms. The number of nitriles is 1. The maximum atomic E-state index is 12.0. The monoisotopic (exact) mass is 298 g/mol. The minimum atomic E-state index is -0.467. The number of benzene rings is 1. The molecule has 22 heavy (non-hydrogen) atoms. The van der Waals surface area contributed by atoms with Crippen LogP contribution in [0, 0.1) is 18.3 Å². The van der Waals surface area contributed by atoms with Crippen molar-refractivity contribution in [1.82, 2.24) is 4.90 Å². The smallest absolute Gasteiger partial charge is 0.410 e. The Kier molecular flexibility index (Phi) is 4.56. The Morgan fingerprint density at radius 3 is 2.59 bits per heavy atom. The topological polar surface area (TPSA) is 53.3 Å². The van der Waals surface area contributed by atoms with Crippen LogP contribution in [0.5, 0.6) is 0 Å². The number of hydrogen-bond donors (Lipinski definition) is 0. The summed E-state index contributed by atoms with van der Waals surface area (Å²) < 4.78 is 5.39. The summed E-state index contributed by atoms with van der Waals surface area (Å²) in [6, 6.07) is 8.04. The minimum Gasteiger partial charge on any atom is -0.444 e. The first-order valence-electron chi connectivity index (χ1n) is 7.48. The summed E-state index contributed by atoms with van der Waals surface area (Å²) in [4.78, 5) is 13.7. The molecule has 0 saturated carbocycles. The van der Waals surface area contributed by atoms with Crippen LogP contribution in [-0.2, 0) is 4.74 Å². The van der Waals surface area contributed by atoms with E-state index >= 15 is 0 Å². The molecule has 0 saturated heterocycles. The third kappa shape index (κ3) is 3.88. The summed E-state index contributed by atoms with van der Waals surface area (Å²) in [6.45, 7) is 8.77. The lowest BCUT2D eigenvalue weighted by atomic mass is 9.96. The Morgan fingerprint density at radius 1 is 1.36 bits per heavy atom. The van der Waals surface area contributed by atoms with Crippen molar-refractivity contribution in [2.45, 2.75) is 39.7 Å². The Labute approximate surface area is 132 Å². The lowest BCUT2D eigenvalue weighted by Crippen LogP contribution is -2.39. The van der Waals surface area contributed by atoms with Crippen LogP contribution in [-0.4, -0.2) is 29.7 Å². The number of rotatable bonds is 1. The molecule has 116 valence electrons. The Morgan fingerprint density at radius 2 is 2.09 bits per heavy atom. The van der Waals surface area contributed by atoms with Gasteiger partial charge in [0.05, 0.1) is 11.6 Å². The van der Waals surface area contributed by atoms with Crippen molar-refractivity contribution in [2.75, 3.05) is 13.1 Å². The fraction of sp³-hybridized carbons (Fsp3) is 0.444. The van der Waals surface area contributed by atoms with E-state index in [9.17, 15) is 4.79 Å². The highest BCUT2D eigenvalue weighted by Gasteiger charge is 2.23. The van der Waals surface area contributed by atoms with Crippen LogP contribution in [0.2, 0.25) is 0 Å². The molecule has 1 aromatic carbocycles. The normalized spacial score (nSPS) is 15.0. The predicted molar refractivity (Wildman–Crippen MR) is 86.3 cm³/mol. The molecule has 1 amide bonds. The van der Waals surface area contributed by atoms with E-state index in [1.54, 1.807) is 4.90 Å². The molecule has 0 aliphatic carbocycles. The maximum absolute atomic E-state index is 12.0. The van der Waals surface area contributed by atoms with E-state index in [1.807, 2.05) is 45.9 Å². The zero-order chi connectivity index (χ0) is 16.3. The van der Waals surface area contributed by atoms with Gasteiger partial charge in [-0.05, 0) is 56.9 Å². The Balaban J connectivity index is 2.07. The first-order valence-corrected chi connectivity index (χ1v) is 7.48. The average molecular weight is 298 g/mol. The van der Waals surface area contributed by atoms with E-state index in [1.165, 1.54) is 5.57 Å². The Bertz CT molecular complexity index is 648. The summed E-state index contributed by atoms with van der Waals surface area (Å²) in [6.07, 6.45) is 2.59. The highest BCUT2D eigenvalue weighted by atomic mass is 16.6. The number of aryl methyl sites for hydroxylation is 1. The molecular weight excluding hydrogens is 276 g/mol. The molecule has 1 aliphatic rings. The lowest BCUT2D eigenvalue weighted by molar-refractivity contribution is 0.0270. The predicted octanol–water partition coefficient (Wildman–Crippen LogP) is 3.89. The summed E-state index contributed by atoms with van der Waals surface area (Å²) in [5, 5.41) is 8.99. The van der Waals surface area contributed by atoms with Crippen molar-refractivity contribution in [2.24, 2.45) is 0 Å². The van der Waals surface area contributed by atoms with E-state index in [0.717, 1.165) is 17.5 Å². The number of amides is 1. The van der Waals surface area contributed by atoms with Crippen molar-refractivity contribution < 1.29 is 9.53 Å². The minimum absolute atomic E-state index is 0.265. The zero-order valence-electron chi connectivity index (χ0n) is 13.6. The molecule has 0 aromatic heterocycles. The molecule has 1 aromatic rings. The van der Waals surface area contributed by atoms with Gasteiger partial charge in [-0.25, -0.2) is 4.79 Å². The fourth-order valence-corrected chi connectivity index (χ4v) is 2.41. The lowest BCUT2D eigenvalue weighted by Gasteiger charge is -2.29. The molecule has 0 N–H and O–H groups in total.